The first-order valence-corrected chi connectivity index (χ1v) is 11.2. The molecular formula is C15H32N2Si. The van der Waals surface area contributed by atoms with Gasteiger partial charge >= 0.3 is 0 Å². The number of hydrogen-bond acceptors (Lipinski definition) is 2. The van der Waals surface area contributed by atoms with Gasteiger partial charge in [0.25, 0.3) is 0 Å². The molecule has 0 unspecified atom stereocenters. The van der Waals surface area contributed by atoms with Crippen molar-refractivity contribution in [1.82, 2.24) is 9.80 Å². The summed E-state index contributed by atoms with van der Waals surface area (Å²) in [6, 6.07) is 3.16. The van der Waals surface area contributed by atoms with Gasteiger partial charge in [0.05, 0.1) is 0 Å². The molecule has 0 aromatic carbocycles. The Bertz CT molecular complexity index is 266. The van der Waals surface area contributed by atoms with Crippen molar-refractivity contribution in [2.24, 2.45) is 5.41 Å². The first kappa shape index (κ1) is 14.5. The number of likely N-dealkylation sites (tertiary alicyclic amines) is 1. The minimum absolute atomic E-state index is 0.737. The summed E-state index contributed by atoms with van der Waals surface area (Å²) >= 11 is 0. The molecule has 2 aliphatic rings. The van der Waals surface area contributed by atoms with E-state index < -0.39 is 8.07 Å². The molecule has 18 heavy (non-hydrogen) atoms. The molecular weight excluding hydrogens is 236 g/mol. The quantitative estimate of drug-likeness (QED) is 0.723. The van der Waals surface area contributed by atoms with Crippen LogP contribution in [0.3, 0.4) is 0 Å². The molecule has 0 N–H and O–H groups in total. The van der Waals surface area contributed by atoms with Gasteiger partial charge in [-0.05, 0) is 64.8 Å². The highest BCUT2D eigenvalue weighted by molar-refractivity contribution is 6.77. The Morgan fingerprint density at radius 2 is 1.78 bits per heavy atom. The van der Waals surface area contributed by atoms with Crippen molar-refractivity contribution in [3.63, 3.8) is 0 Å². The minimum atomic E-state index is -0.772. The fourth-order valence-corrected chi connectivity index (χ4v) is 6.36. The zero-order chi connectivity index (χ0) is 13.2. The molecule has 2 rings (SSSR count). The van der Waals surface area contributed by atoms with Crippen LogP contribution in [-0.4, -0.2) is 58.1 Å². The molecule has 2 nitrogen and oxygen atoms in total. The third-order valence-corrected chi connectivity index (χ3v) is 8.47. The molecule has 0 aromatic rings. The highest BCUT2D eigenvalue weighted by Crippen LogP contribution is 2.46. The Balaban J connectivity index is 1.74. The van der Waals surface area contributed by atoms with Gasteiger partial charge in [0, 0.05) is 14.6 Å². The Kier molecular flexibility index (Phi) is 4.55. The van der Waals surface area contributed by atoms with E-state index in [9.17, 15) is 0 Å². The molecule has 1 spiro atoms. The normalized spacial score (nSPS) is 27.2. The summed E-state index contributed by atoms with van der Waals surface area (Å²) in [6.07, 6.45) is 5.90. The number of nitrogens with zero attached hydrogens (tertiary/aromatic N) is 2. The van der Waals surface area contributed by atoms with Crippen LogP contribution in [0.5, 0.6) is 0 Å². The molecule has 2 aliphatic heterocycles. The van der Waals surface area contributed by atoms with Crippen LogP contribution in [0.15, 0.2) is 0 Å². The predicted octanol–water partition coefficient (Wildman–Crippen LogP) is 3.13. The maximum absolute atomic E-state index is 2.74. The summed E-state index contributed by atoms with van der Waals surface area (Å²) in [5, 5.41) is 0. The van der Waals surface area contributed by atoms with Crippen LogP contribution in [0.2, 0.25) is 25.2 Å². The fraction of sp³-hybridized carbons (Fsp3) is 1.00. The maximum Gasteiger partial charge on any atom is 0.0474 e. The number of hydrogen-bond donors (Lipinski definition) is 0. The Morgan fingerprint density at radius 1 is 1.11 bits per heavy atom. The van der Waals surface area contributed by atoms with Gasteiger partial charge in [-0.1, -0.05) is 25.2 Å². The van der Waals surface area contributed by atoms with Gasteiger partial charge < -0.3 is 9.80 Å². The van der Waals surface area contributed by atoms with Crippen LogP contribution >= 0.6 is 0 Å². The molecule has 0 amide bonds. The van der Waals surface area contributed by atoms with E-state index >= 15 is 0 Å². The van der Waals surface area contributed by atoms with E-state index in [0.717, 1.165) is 5.41 Å². The van der Waals surface area contributed by atoms with Crippen LogP contribution in [-0.2, 0) is 0 Å². The molecule has 2 fully saturated rings. The molecule has 0 radical (unpaired) electrons. The van der Waals surface area contributed by atoms with Gasteiger partial charge in [-0.25, -0.2) is 0 Å². The standard InChI is InChI=1S/C15H32N2Si/c1-16(2)9-5-10-17-11-6-15(14-17)7-12-18(3,4)13-8-15/h5-14H2,1-4H3. The largest absolute Gasteiger partial charge is 0.309 e. The molecule has 0 aromatic heterocycles. The minimum Gasteiger partial charge on any atom is -0.309 e. The van der Waals surface area contributed by atoms with Crippen molar-refractivity contribution in [3.8, 4) is 0 Å². The van der Waals surface area contributed by atoms with E-state index in [1.165, 1.54) is 51.9 Å². The van der Waals surface area contributed by atoms with Crippen molar-refractivity contribution in [2.45, 2.75) is 50.9 Å². The van der Waals surface area contributed by atoms with Crippen LogP contribution in [0.4, 0.5) is 0 Å². The van der Waals surface area contributed by atoms with Gasteiger partial charge in [-0.2, -0.15) is 0 Å². The lowest BCUT2D eigenvalue weighted by Gasteiger charge is -2.40. The molecule has 2 saturated heterocycles. The van der Waals surface area contributed by atoms with E-state index in [0.29, 0.717) is 0 Å². The average molecular weight is 269 g/mol. The third kappa shape index (κ3) is 3.81. The van der Waals surface area contributed by atoms with Crippen molar-refractivity contribution in [2.75, 3.05) is 40.3 Å². The van der Waals surface area contributed by atoms with Crippen LogP contribution in [0, 0.1) is 5.41 Å². The fourth-order valence-electron chi connectivity index (χ4n) is 3.69. The molecule has 0 bridgehead atoms. The van der Waals surface area contributed by atoms with E-state index in [1.807, 2.05) is 0 Å². The predicted molar refractivity (Wildman–Crippen MR) is 83.0 cm³/mol. The lowest BCUT2D eigenvalue weighted by atomic mass is 9.81. The third-order valence-electron chi connectivity index (χ3n) is 5.26. The highest BCUT2D eigenvalue weighted by Gasteiger charge is 2.43. The van der Waals surface area contributed by atoms with Gasteiger partial charge in [-0.3, -0.25) is 0 Å². The molecule has 0 aliphatic carbocycles. The van der Waals surface area contributed by atoms with Crippen LogP contribution in [0.1, 0.15) is 25.7 Å². The Labute approximate surface area is 115 Å². The summed E-state index contributed by atoms with van der Waals surface area (Å²) in [6.45, 7) is 10.5. The topological polar surface area (TPSA) is 6.48 Å². The molecule has 2 heterocycles. The molecule has 0 atom stereocenters. The van der Waals surface area contributed by atoms with E-state index in [1.54, 1.807) is 12.1 Å². The molecule has 106 valence electrons. The second kappa shape index (κ2) is 5.64. The van der Waals surface area contributed by atoms with E-state index in [-0.39, 0.29) is 0 Å². The maximum atomic E-state index is 2.74. The highest BCUT2D eigenvalue weighted by atomic mass is 28.3. The van der Waals surface area contributed by atoms with Gasteiger partial charge in [-0.15, -0.1) is 0 Å². The van der Waals surface area contributed by atoms with Crippen LogP contribution < -0.4 is 0 Å². The summed E-state index contributed by atoms with van der Waals surface area (Å²) in [7, 11) is 3.59. The summed E-state index contributed by atoms with van der Waals surface area (Å²) in [5.41, 5.74) is 0.737. The summed E-state index contributed by atoms with van der Waals surface area (Å²) in [4.78, 5) is 5.05. The van der Waals surface area contributed by atoms with Crippen molar-refractivity contribution in [3.05, 3.63) is 0 Å². The zero-order valence-electron chi connectivity index (χ0n) is 13.0. The van der Waals surface area contributed by atoms with E-state index in [4.69, 9.17) is 0 Å². The number of rotatable bonds is 4. The van der Waals surface area contributed by atoms with Crippen molar-refractivity contribution >= 4 is 8.07 Å². The SMILES string of the molecule is CN(C)CCCN1CCC2(CC[Si](C)(C)CC2)C1. The van der Waals surface area contributed by atoms with Crippen molar-refractivity contribution in [1.29, 1.82) is 0 Å². The second-order valence-corrected chi connectivity index (χ2v) is 13.2. The van der Waals surface area contributed by atoms with Gasteiger partial charge in [0.2, 0.25) is 0 Å². The lowest BCUT2D eigenvalue weighted by Crippen LogP contribution is -2.39. The van der Waals surface area contributed by atoms with Crippen LogP contribution in [0.25, 0.3) is 0 Å². The Hall–Kier alpha value is 0.137. The van der Waals surface area contributed by atoms with E-state index in [2.05, 4.69) is 37.0 Å². The molecule has 3 heteroatoms. The summed E-state index contributed by atoms with van der Waals surface area (Å²) in [5.74, 6) is 0. The van der Waals surface area contributed by atoms with Gasteiger partial charge in [0.1, 0.15) is 0 Å². The summed E-state index contributed by atoms with van der Waals surface area (Å²) < 4.78 is 0. The lowest BCUT2D eigenvalue weighted by molar-refractivity contribution is 0.225. The first-order chi connectivity index (χ1) is 8.41. The Morgan fingerprint density at radius 3 is 2.39 bits per heavy atom. The van der Waals surface area contributed by atoms with Gasteiger partial charge in [0.15, 0.2) is 0 Å². The van der Waals surface area contributed by atoms with Crippen molar-refractivity contribution < 1.29 is 0 Å². The molecule has 0 saturated carbocycles. The first-order valence-electron chi connectivity index (χ1n) is 7.78. The smallest absolute Gasteiger partial charge is 0.0474 e. The average Bonchev–Trinajstić information content (AvgIpc) is 2.67. The monoisotopic (exact) mass is 268 g/mol. The second-order valence-electron chi connectivity index (χ2n) is 7.85. The zero-order valence-corrected chi connectivity index (χ0v) is 14.0.